The average Bonchev–Trinajstić information content (AvgIpc) is 2.92. The van der Waals surface area contributed by atoms with E-state index in [-0.39, 0.29) is 25.1 Å². The quantitative estimate of drug-likeness (QED) is 0.795. The number of primary amides is 1. The Kier molecular flexibility index (Phi) is 5.74. The number of ether oxygens (including phenoxy) is 2. The lowest BCUT2D eigenvalue weighted by Gasteiger charge is -2.07. The Morgan fingerprint density at radius 1 is 1.50 bits per heavy atom. The molecule has 0 bridgehead atoms. The number of benzene rings is 1. The molecule has 1 heterocycles. The Morgan fingerprint density at radius 3 is 2.88 bits per heavy atom. The second-order valence-electron chi connectivity index (χ2n) is 4.64. The van der Waals surface area contributed by atoms with Gasteiger partial charge in [-0.15, -0.1) is 0 Å². The first kappa shape index (κ1) is 17.7. The normalized spacial score (nSPS) is 11.4. The van der Waals surface area contributed by atoms with Gasteiger partial charge in [0.05, 0.1) is 30.1 Å². The molecule has 0 aliphatic carbocycles. The molecule has 0 spiro atoms. The first-order chi connectivity index (χ1) is 11.5. The molecule has 8 nitrogen and oxygen atoms in total. The maximum absolute atomic E-state index is 12.8. The molecule has 0 saturated heterocycles. The number of carbonyl (C=O) groups is 1. The van der Waals surface area contributed by atoms with Gasteiger partial charge >= 0.3 is 11.8 Å². The van der Waals surface area contributed by atoms with Crippen molar-refractivity contribution < 1.29 is 18.7 Å². The van der Waals surface area contributed by atoms with E-state index < -0.39 is 11.8 Å². The van der Waals surface area contributed by atoms with Crippen LogP contribution in [0.5, 0.6) is 5.75 Å². The number of nitrogens with two attached hydrogens (primary N) is 1. The van der Waals surface area contributed by atoms with Crippen molar-refractivity contribution in [3.8, 4) is 11.4 Å². The fourth-order valence-electron chi connectivity index (χ4n) is 1.89. The summed E-state index contributed by atoms with van der Waals surface area (Å²) in [6.45, 7) is -0.541. The third-order valence-electron chi connectivity index (χ3n) is 3.05. The summed E-state index contributed by atoms with van der Waals surface area (Å²) in [6.07, 6.45) is 0.515. The molecule has 0 aliphatic heterocycles. The molecule has 0 saturated carbocycles. The van der Waals surface area contributed by atoms with Crippen molar-refractivity contribution in [2.75, 3.05) is 13.7 Å². The van der Waals surface area contributed by atoms with Gasteiger partial charge in [-0.25, -0.2) is 23.2 Å². The summed E-state index contributed by atoms with van der Waals surface area (Å²) in [5.41, 5.74) is 4.90. The van der Waals surface area contributed by atoms with Crippen LogP contribution in [0.1, 0.15) is 0 Å². The van der Waals surface area contributed by atoms with E-state index in [2.05, 4.69) is 25.8 Å². The van der Waals surface area contributed by atoms with E-state index in [1.54, 1.807) is 18.2 Å². The Labute approximate surface area is 144 Å². The van der Waals surface area contributed by atoms with Crippen molar-refractivity contribution >= 4 is 22.0 Å². The lowest BCUT2D eigenvalue weighted by molar-refractivity contribution is 0.164. The Morgan fingerprint density at radius 2 is 2.25 bits per heavy atom. The van der Waals surface area contributed by atoms with Crippen molar-refractivity contribution in [1.82, 2.24) is 14.3 Å². The van der Waals surface area contributed by atoms with Gasteiger partial charge in [0.1, 0.15) is 18.7 Å². The highest BCUT2D eigenvalue weighted by Gasteiger charge is 2.11. The van der Waals surface area contributed by atoms with Gasteiger partial charge in [-0.3, -0.25) is 0 Å². The zero-order chi connectivity index (χ0) is 17.7. The number of nitrogens with zero attached hydrogens (tertiary/aromatic N) is 3. The first-order valence-corrected chi connectivity index (χ1v) is 7.44. The van der Waals surface area contributed by atoms with Crippen LogP contribution in [0.3, 0.4) is 0 Å². The highest BCUT2D eigenvalue weighted by atomic mass is 79.9. The summed E-state index contributed by atoms with van der Waals surface area (Å²) < 4.78 is 25.6. The van der Waals surface area contributed by atoms with Crippen LogP contribution < -0.4 is 16.2 Å². The smallest absolute Gasteiger partial charge is 0.404 e. The molecule has 0 radical (unpaired) electrons. The molecule has 0 unspecified atom stereocenters. The second kappa shape index (κ2) is 7.77. The molecule has 128 valence electrons. The van der Waals surface area contributed by atoms with Crippen LogP contribution in [0.25, 0.3) is 5.69 Å². The highest BCUT2D eigenvalue weighted by molar-refractivity contribution is 9.10. The van der Waals surface area contributed by atoms with Gasteiger partial charge in [0.25, 0.3) is 0 Å². The van der Waals surface area contributed by atoms with Gasteiger partial charge in [-0.2, -0.15) is 5.10 Å². The fraction of sp³-hybridized carbons (Fsp3) is 0.214. The number of methoxy groups -OCH3 is 1. The van der Waals surface area contributed by atoms with E-state index in [0.717, 1.165) is 9.15 Å². The van der Waals surface area contributed by atoms with Crippen LogP contribution in [-0.4, -0.2) is 34.2 Å². The first-order valence-electron chi connectivity index (χ1n) is 6.65. The predicted octanol–water partition coefficient (Wildman–Crippen LogP) is 1.75. The number of aromatic nitrogens is 3. The molecule has 2 N–H and O–H groups in total. The monoisotopic (exact) mass is 400 g/mol. The third kappa shape index (κ3) is 4.02. The van der Waals surface area contributed by atoms with Gasteiger partial charge in [-0.1, -0.05) is 0 Å². The number of halogens is 2. The minimum absolute atomic E-state index is 0.0366. The van der Waals surface area contributed by atoms with Crippen molar-refractivity contribution in [2.24, 2.45) is 5.73 Å². The van der Waals surface area contributed by atoms with Gasteiger partial charge < -0.3 is 15.2 Å². The number of hydrogen-bond donors (Lipinski definition) is 1. The second-order valence-corrected chi connectivity index (χ2v) is 5.49. The molecule has 24 heavy (non-hydrogen) atoms. The van der Waals surface area contributed by atoms with Crippen LogP contribution >= 0.6 is 15.9 Å². The Hall–Kier alpha value is -2.62. The van der Waals surface area contributed by atoms with E-state index in [0.29, 0.717) is 11.4 Å². The number of rotatable bonds is 6. The van der Waals surface area contributed by atoms with Crippen LogP contribution in [0, 0.1) is 0 Å². The Balaban J connectivity index is 2.25. The molecular weight excluding hydrogens is 387 g/mol. The summed E-state index contributed by atoms with van der Waals surface area (Å²) in [5, 5.41) is 3.92. The van der Waals surface area contributed by atoms with Crippen molar-refractivity contribution in [3.05, 3.63) is 51.4 Å². The summed E-state index contributed by atoms with van der Waals surface area (Å²) >= 11 is 3.32. The number of carbonyl (C=O) groups excluding carboxylic acids is 1. The lowest BCUT2D eigenvalue weighted by atomic mass is 10.3. The predicted molar refractivity (Wildman–Crippen MR) is 86.8 cm³/mol. The van der Waals surface area contributed by atoms with Crippen LogP contribution in [0.2, 0.25) is 0 Å². The van der Waals surface area contributed by atoms with Gasteiger partial charge in [0.2, 0.25) is 0 Å². The van der Waals surface area contributed by atoms with Gasteiger partial charge in [-0.05, 0) is 28.1 Å². The SMILES string of the molecule is COc1cc(-n2cnn(CC(=CF)COC(N)=O)c2=O)ccc1Br. The zero-order valence-corrected chi connectivity index (χ0v) is 14.2. The molecule has 10 heteroatoms. The summed E-state index contributed by atoms with van der Waals surface area (Å²) in [5.74, 6) is 0.548. The number of hydrogen-bond acceptors (Lipinski definition) is 5. The molecule has 1 aromatic carbocycles. The molecule has 0 fully saturated rings. The maximum atomic E-state index is 12.8. The molecule has 2 rings (SSSR count). The van der Waals surface area contributed by atoms with Crippen LogP contribution in [-0.2, 0) is 11.3 Å². The van der Waals surface area contributed by atoms with E-state index in [1.165, 1.54) is 18.0 Å². The molecule has 2 aromatic rings. The standard InChI is InChI=1S/C14H14BrFN4O4/c1-23-12-4-10(2-3-11(12)15)19-8-18-20(14(19)22)6-9(5-16)7-24-13(17)21/h2-5,8H,6-7H2,1H3,(H2,17,21). The van der Waals surface area contributed by atoms with Gasteiger partial charge in [0, 0.05) is 11.6 Å². The van der Waals surface area contributed by atoms with E-state index in [9.17, 15) is 14.0 Å². The van der Waals surface area contributed by atoms with Crippen LogP contribution in [0.15, 0.2) is 45.7 Å². The molecule has 1 aromatic heterocycles. The summed E-state index contributed by atoms with van der Waals surface area (Å²) in [4.78, 5) is 22.9. The molecule has 0 atom stereocenters. The zero-order valence-electron chi connectivity index (χ0n) is 12.6. The average molecular weight is 401 g/mol. The summed E-state index contributed by atoms with van der Waals surface area (Å²) in [7, 11) is 1.51. The fourth-order valence-corrected chi connectivity index (χ4v) is 2.30. The number of amides is 1. The molecule has 1 amide bonds. The van der Waals surface area contributed by atoms with E-state index in [1.807, 2.05) is 0 Å². The molecule has 0 aliphatic rings. The maximum Gasteiger partial charge on any atom is 0.404 e. The third-order valence-corrected chi connectivity index (χ3v) is 3.71. The Bertz CT molecular complexity index is 830. The van der Waals surface area contributed by atoms with Crippen molar-refractivity contribution in [1.29, 1.82) is 0 Å². The summed E-state index contributed by atoms with van der Waals surface area (Å²) in [6, 6.07) is 5.08. The topological polar surface area (TPSA) is 101 Å². The van der Waals surface area contributed by atoms with Crippen LogP contribution in [0.4, 0.5) is 9.18 Å². The minimum Gasteiger partial charge on any atom is -0.495 e. The lowest BCUT2D eigenvalue weighted by Crippen LogP contribution is -2.26. The highest BCUT2D eigenvalue weighted by Crippen LogP contribution is 2.26. The van der Waals surface area contributed by atoms with Gasteiger partial charge in [0.15, 0.2) is 0 Å². The minimum atomic E-state index is -1.03. The van der Waals surface area contributed by atoms with Crippen molar-refractivity contribution in [3.63, 3.8) is 0 Å². The molecular formula is C14H14BrFN4O4. The van der Waals surface area contributed by atoms with E-state index >= 15 is 0 Å². The van der Waals surface area contributed by atoms with E-state index in [4.69, 9.17) is 10.5 Å². The van der Waals surface area contributed by atoms with Crippen molar-refractivity contribution in [2.45, 2.75) is 6.54 Å². The largest absolute Gasteiger partial charge is 0.495 e.